The van der Waals surface area contributed by atoms with E-state index in [1.807, 2.05) is 11.4 Å². The van der Waals surface area contributed by atoms with Crippen LogP contribution in [0.5, 0.6) is 0 Å². The zero-order valence-electron chi connectivity index (χ0n) is 15.4. The molecular formula is C21H25NO2S. The third-order valence-corrected chi connectivity index (χ3v) is 6.64. The first-order valence-corrected chi connectivity index (χ1v) is 9.95. The van der Waals surface area contributed by atoms with Crippen molar-refractivity contribution in [2.75, 3.05) is 0 Å². The van der Waals surface area contributed by atoms with Crippen LogP contribution in [0.15, 0.2) is 33.8 Å². The Morgan fingerprint density at radius 3 is 2.40 bits per heavy atom. The van der Waals surface area contributed by atoms with E-state index in [-0.39, 0.29) is 34.2 Å². The number of ketones is 2. The summed E-state index contributed by atoms with van der Waals surface area (Å²) in [6.07, 6.45) is 2.78. The van der Waals surface area contributed by atoms with Crippen molar-refractivity contribution >= 4 is 28.6 Å². The number of hydrogen-bond donors (Lipinski definition) is 0. The fourth-order valence-electron chi connectivity index (χ4n) is 4.79. The molecule has 4 rings (SSSR count). The molecule has 0 spiro atoms. The lowest BCUT2D eigenvalue weighted by Crippen LogP contribution is -2.45. The summed E-state index contributed by atoms with van der Waals surface area (Å²) >= 11 is 1.65. The minimum atomic E-state index is -0.240. The Hall–Kier alpha value is -1.55. The number of rotatable bonds is 1. The molecule has 0 aromatic carbocycles. The van der Waals surface area contributed by atoms with Crippen molar-refractivity contribution in [2.45, 2.75) is 59.3 Å². The number of thiophene rings is 1. The Morgan fingerprint density at radius 1 is 1.00 bits per heavy atom. The Labute approximate surface area is 153 Å². The minimum absolute atomic E-state index is 0.0430. The summed E-state index contributed by atoms with van der Waals surface area (Å²) in [5.41, 5.74) is 2.67. The standard InChI is InChI=1S/C21H25NO2S/c1-20(2)8-12-17(14(23)10-20)19(16-6-5-7-25-16)18-13(22-12)9-21(3,4)11-15(18)24/h5-7,17,19H,8-11H2,1-4H3/t17?,19-/m0/s1. The van der Waals surface area contributed by atoms with Gasteiger partial charge in [-0.3, -0.25) is 14.6 Å². The molecule has 0 N–H and O–H groups in total. The highest BCUT2D eigenvalue weighted by Crippen LogP contribution is 2.52. The average Bonchev–Trinajstić information content (AvgIpc) is 2.95. The van der Waals surface area contributed by atoms with E-state index in [0.29, 0.717) is 12.8 Å². The van der Waals surface area contributed by atoms with E-state index in [1.165, 1.54) is 0 Å². The van der Waals surface area contributed by atoms with Crippen LogP contribution in [0, 0.1) is 16.7 Å². The van der Waals surface area contributed by atoms with E-state index in [9.17, 15) is 9.59 Å². The third kappa shape index (κ3) is 2.84. The molecule has 3 nitrogen and oxygen atoms in total. The summed E-state index contributed by atoms with van der Waals surface area (Å²) in [4.78, 5) is 32.1. The SMILES string of the molecule is CC1(C)CC(=O)C2C(=NC3=C(C(=O)CC(C)(C)C3)[C@H]2c2cccs2)C1. The predicted octanol–water partition coefficient (Wildman–Crippen LogP) is 4.93. The number of nitrogens with zero attached hydrogens (tertiary/aromatic N) is 1. The Kier molecular flexibility index (Phi) is 3.70. The quantitative estimate of drug-likeness (QED) is 0.717. The van der Waals surface area contributed by atoms with Crippen LogP contribution in [0.25, 0.3) is 0 Å². The number of hydrogen-bond acceptors (Lipinski definition) is 4. The normalized spacial score (nSPS) is 30.6. The zero-order valence-corrected chi connectivity index (χ0v) is 16.2. The maximum Gasteiger partial charge on any atom is 0.161 e. The maximum absolute atomic E-state index is 13.0. The second kappa shape index (κ2) is 5.47. The molecule has 132 valence electrons. The Bertz CT molecular complexity index is 811. The van der Waals surface area contributed by atoms with Gasteiger partial charge in [0.05, 0.1) is 5.92 Å². The molecule has 1 aromatic heterocycles. The number of allylic oxidation sites excluding steroid dienone is 2. The molecule has 0 amide bonds. The summed E-state index contributed by atoms with van der Waals surface area (Å²) in [6, 6.07) is 4.09. The van der Waals surface area contributed by atoms with Crippen LogP contribution < -0.4 is 0 Å². The van der Waals surface area contributed by atoms with Gasteiger partial charge >= 0.3 is 0 Å². The highest BCUT2D eigenvalue weighted by molar-refractivity contribution is 7.10. The molecule has 1 aromatic rings. The van der Waals surface area contributed by atoms with Gasteiger partial charge in [0.15, 0.2) is 5.78 Å². The first-order chi connectivity index (χ1) is 11.7. The fourth-order valence-corrected chi connectivity index (χ4v) is 5.66. The van der Waals surface area contributed by atoms with Gasteiger partial charge in [-0.25, -0.2) is 0 Å². The zero-order chi connectivity index (χ0) is 18.0. The van der Waals surface area contributed by atoms with Gasteiger partial charge in [-0.15, -0.1) is 11.3 Å². The van der Waals surface area contributed by atoms with Crippen molar-refractivity contribution < 1.29 is 9.59 Å². The number of carbonyl (C=O) groups excluding carboxylic acids is 2. The topological polar surface area (TPSA) is 46.5 Å². The number of Topliss-reactive ketones (excluding diaryl/α,β-unsaturated/α-hetero) is 2. The van der Waals surface area contributed by atoms with Gasteiger partial charge in [-0.2, -0.15) is 0 Å². The summed E-state index contributed by atoms with van der Waals surface area (Å²) in [5.74, 6) is 0.0768. The predicted molar refractivity (Wildman–Crippen MR) is 101 cm³/mol. The molecule has 2 aliphatic carbocycles. The van der Waals surface area contributed by atoms with Crippen molar-refractivity contribution in [1.29, 1.82) is 0 Å². The van der Waals surface area contributed by atoms with E-state index in [2.05, 4.69) is 33.8 Å². The molecule has 0 radical (unpaired) electrons. The first kappa shape index (κ1) is 16.9. The van der Waals surface area contributed by atoms with E-state index in [1.54, 1.807) is 11.3 Å². The molecule has 25 heavy (non-hydrogen) atoms. The van der Waals surface area contributed by atoms with Gasteiger partial charge in [-0.1, -0.05) is 33.8 Å². The summed E-state index contributed by atoms with van der Waals surface area (Å²) in [5, 5.41) is 2.04. The lowest BCUT2D eigenvalue weighted by Gasteiger charge is -2.43. The smallest absolute Gasteiger partial charge is 0.161 e. The van der Waals surface area contributed by atoms with Crippen molar-refractivity contribution in [3.63, 3.8) is 0 Å². The third-order valence-electron chi connectivity index (χ3n) is 5.69. The van der Waals surface area contributed by atoms with Crippen LogP contribution >= 0.6 is 11.3 Å². The number of carbonyl (C=O) groups is 2. The second-order valence-electron chi connectivity index (χ2n) is 9.36. The highest BCUT2D eigenvalue weighted by atomic mass is 32.1. The fraction of sp³-hybridized carbons (Fsp3) is 0.571. The van der Waals surface area contributed by atoms with E-state index in [0.717, 1.165) is 34.7 Å². The number of aliphatic imine (C=N–C) groups is 1. The van der Waals surface area contributed by atoms with Crippen molar-refractivity contribution in [1.82, 2.24) is 0 Å². The molecule has 0 saturated heterocycles. The number of fused-ring (bicyclic) bond motifs is 1. The largest absolute Gasteiger partial charge is 0.299 e. The van der Waals surface area contributed by atoms with Gasteiger partial charge < -0.3 is 0 Å². The van der Waals surface area contributed by atoms with Crippen LogP contribution in [0.4, 0.5) is 0 Å². The van der Waals surface area contributed by atoms with Crippen LogP contribution in [-0.2, 0) is 9.59 Å². The maximum atomic E-state index is 13.0. The Balaban J connectivity index is 1.90. The molecule has 0 bridgehead atoms. The molecule has 2 heterocycles. The monoisotopic (exact) mass is 355 g/mol. The average molecular weight is 356 g/mol. The summed E-state index contributed by atoms with van der Waals surface area (Å²) < 4.78 is 0. The van der Waals surface area contributed by atoms with E-state index >= 15 is 0 Å². The van der Waals surface area contributed by atoms with Gasteiger partial charge in [-0.05, 0) is 35.1 Å². The summed E-state index contributed by atoms with van der Waals surface area (Å²) in [7, 11) is 0. The molecule has 1 fully saturated rings. The Morgan fingerprint density at radius 2 is 1.72 bits per heavy atom. The van der Waals surface area contributed by atoms with Crippen molar-refractivity contribution in [2.24, 2.45) is 21.7 Å². The van der Waals surface area contributed by atoms with Crippen LogP contribution in [0.3, 0.4) is 0 Å². The van der Waals surface area contributed by atoms with Crippen LogP contribution in [-0.4, -0.2) is 17.3 Å². The van der Waals surface area contributed by atoms with E-state index < -0.39 is 0 Å². The molecule has 1 unspecified atom stereocenters. The van der Waals surface area contributed by atoms with Crippen molar-refractivity contribution in [3.8, 4) is 0 Å². The van der Waals surface area contributed by atoms with Gasteiger partial charge in [0.25, 0.3) is 0 Å². The van der Waals surface area contributed by atoms with Gasteiger partial charge in [0, 0.05) is 40.6 Å². The van der Waals surface area contributed by atoms with Crippen LogP contribution in [0.2, 0.25) is 0 Å². The molecular weight excluding hydrogens is 330 g/mol. The summed E-state index contributed by atoms with van der Waals surface area (Å²) in [6.45, 7) is 8.56. The lowest BCUT2D eigenvalue weighted by atomic mass is 9.61. The van der Waals surface area contributed by atoms with E-state index in [4.69, 9.17) is 4.99 Å². The second-order valence-corrected chi connectivity index (χ2v) is 10.3. The van der Waals surface area contributed by atoms with Gasteiger partial charge in [0.2, 0.25) is 0 Å². The lowest BCUT2D eigenvalue weighted by molar-refractivity contribution is -0.124. The highest BCUT2D eigenvalue weighted by Gasteiger charge is 2.50. The minimum Gasteiger partial charge on any atom is -0.299 e. The van der Waals surface area contributed by atoms with Crippen LogP contribution in [0.1, 0.15) is 64.2 Å². The molecule has 1 aliphatic heterocycles. The molecule has 2 atom stereocenters. The first-order valence-electron chi connectivity index (χ1n) is 9.07. The molecule has 4 heteroatoms. The van der Waals surface area contributed by atoms with Gasteiger partial charge in [0.1, 0.15) is 5.78 Å². The van der Waals surface area contributed by atoms with Crippen molar-refractivity contribution in [3.05, 3.63) is 33.7 Å². The molecule has 1 saturated carbocycles. The molecule has 3 aliphatic rings.